The lowest BCUT2D eigenvalue weighted by Gasteiger charge is -2.32. The van der Waals surface area contributed by atoms with Crippen molar-refractivity contribution < 1.29 is 22.8 Å². The fraction of sp³-hybridized carbons (Fsp3) is 0.200. The third-order valence-electron chi connectivity index (χ3n) is 4.90. The average molecular weight is 430 g/mol. The number of halogens is 3. The summed E-state index contributed by atoms with van der Waals surface area (Å²) < 4.78 is 40.0. The molecule has 1 aliphatic heterocycles. The molecule has 8 nitrogen and oxygen atoms in total. The van der Waals surface area contributed by atoms with Gasteiger partial charge in [-0.25, -0.2) is 4.98 Å². The maximum absolute atomic E-state index is 13.2. The predicted octanol–water partition coefficient (Wildman–Crippen LogP) is 3.35. The molecule has 3 heterocycles. The second-order valence-electron chi connectivity index (χ2n) is 7.09. The predicted molar refractivity (Wildman–Crippen MR) is 107 cm³/mol. The summed E-state index contributed by atoms with van der Waals surface area (Å²) in [4.78, 5) is 31.2. The molecule has 2 amide bonds. The van der Waals surface area contributed by atoms with E-state index in [0.29, 0.717) is 11.4 Å². The van der Waals surface area contributed by atoms with Crippen LogP contribution in [0.2, 0.25) is 0 Å². The van der Waals surface area contributed by atoms with Gasteiger partial charge in [-0.2, -0.15) is 18.3 Å². The standard InChI is InChI=1S/C20H17F3N6O2/c1-11-10-28(14-5-2-12(3-6-14)20(21,22)23)19(31)17-15(9-26-29(11)17)18(30)27-13-4-7-16(24)25-8-13/h2-9,11H,10H2,1H3,(H2,24,25)(H,27,30)/t11-/m0/s1. The zero-order valence-corrected chi connectivity index (χ0v) is 16.2. The maximum atomic E-state index is 13.2. The lowest BCUT2D eigenvalue weighted by Crippen LogP contribution is -2.43. The Morgan fingerprint density at radius 1 is 1.16 bits per heavy atom. The molecule has 0 saturated heterocycles. The van der Waals surface area contributed by atoms with E-state index in [0.717, 1.165) is 12.1 Å². The number of nitrogens with two attached hydrogens (primary N) is 1. The van der Waals surface area contributed by atoms with Crippen molar-refractivity contribution in [2.75, 3.05) is 22.5 Å². The first-order chi connectivity index (χ1) is 14.6. The molecule has 3 aromatic rings. The second kappa shape index (κ2) is 7.42. The van der Waals surface area contributed by atoms with Crippen LogP contribution >= 0.6 is 0 Å². The number of nitrogen functional groups attached to an aromatic ring is 1. The average Bonchev–Trinajstić information content (AvgIpc) is 3.18. The largest absolute Gasteiger partial charge is 0.416 e. The monoisotopic (exact) mass is 430 g/mol. The minimum Gasteiger partial charge on any atom is -0.384 e. The van der Waals surface area contributed by atoms with Gasteiger partial charge in [-0.15, -0.1) is 0 Å². The van der Waals surface area contributed by atoms with Crippen molar-refractivity contribution in [3.8, 4) is 0 Å². The van der Waals surface area contributed by atoms with E-state index in [1.807, 2.05) is 0 Å². The van der Waals surface area contributed by atoms with E-state index < -0.39 is 23.6 Å². The molecule has 3 N–H and O–H groups in total. The molecule has 2 aromatic heterocycles. The minimum absolute atomic E-state index is 0.0466. The van der Waals surface area contributed by atoms with Crippen molar-refractivity contribution in [3.05, 3.63) is 65.6 Å². The molecule has 0 bridgehead atoms. The van der Waals surface area contributed by atoms with Crippen molar-refractivity contribution in [3.63, 3.8) is 0 Å². The highest BCUT2D eigenvalue weighted by Gasteiger charge is 2.36. The van der Waals surface area contributed by atoms with Gasteiger partial charge in [-0.3, -0.25) is 14.3 Å². The first kappa shape index (κ1) is 20.4. The number of benzene rings is 1. The van der Waals surface area contributed by atoms with Crippen molar-refractivity contribution in [2.24, 2.45) is 0 Å². The maximum Gasteiger partial charge on any atom is 0.416 e. The number of anilines is 3. The van der Waals surface area contributed by atoms with Gasteiger partial charge in [0.05, 0.1) is 35.2 Å². The molecule has 0 aliphatic carbocycles. The molecule has 0 unspecified atom stereocenters. The molecular weight excluding hydrogens is 413 g/mol. The van der Waals surface area contributed by atoms with Crippen LogP contribution in [0.15, 0.2) is 48.8 Å². The highest BCUT2D eigenvalue weighted by atomic mass is 19.4. The van der Waals surface area contributed by atoms with Crippen LogP contribution in [0.25, 0.3) is 0 Å². The number of carbonyl (C=O) groups is 2. The Morgan fingerprint density at radius 2 is 1.87 bits per heavy atom. The quantitative estimate of drug-likeness (QED) is 0.663. The van der Waals surface area contributed by atoms with E-state index in [-0.39, 0.29) is 29.7 Å². The molecular formula is C20H17F3N6O2. The van der Waals surface area contributed by atoms with E-state index in [9.17, 15) is 22.8 Å². The fourth-order valence-electron chi connectivity index (χ4n) is 3.36. The number of amides is 2. The van der Waals surface area contributed by atoms with Crippen molar-refractivity contribution in [1.82, 2.24) is 14.8 Å². The highest BCUT2D eigenvalue weighted by Crippen LogP contribution is 2.33. The zero-order valence-electron chi connectivity index (χ0n) is 16.2. The van der Waals surface area contributed by atoms with E-state index in [2.05, 4.69) is 15.4 Å². The summed E-state index contributed by atoms with van der Waals surface area (Å²) in [5, 5.41) is 6.79. The number of hydrogen-bond acceptors (Lipinski definition) is 5. The second-order valence-corrected chi connectivity index (χ2v) is 7.09. The van der Waals surface area contributed by atoms with Crippen molar-refractivity contribution >= 4 is 29.0 Å². The van der Waals surface area contributed by atoms with Crippen LogP contribution in [-0.2, 0) is 6.18 Å². The molecule has 160 valence electrons. The highest BCUT2D eigenvalue weighted by molar-refractivity contribution is 6.15. The van der Waals surface area contributed by atoms with Crippen LogP contribution in [-0.4, -0.2) is 33.1 Å². The number of nitrogens with one attached hydrogen (secondary N) is 1. The van der Waals surface area contributed by atoms with Gasteiger partial charge in [-0.1, -0.05) is 0 Å². The summed E-state index contributed by atoms with van der Waals surface area (Å²) in [5.74, 6) is -0.810. The summed E-state index contributed by atoms with van der Waals surface area (Å²) in [6.07, 6.45) is -1.80. The van der Waals surface area contributed by atoms with Crippen LogP contribution in [0.5, 0.6) is 0 Å². The molecule has 31 heavy (non-hydrogen) atoms. The van der Waals surface area contributed by atoms with Gasteiger partial charge in [0.2, 0.25) is 0 Å². The number of alkyl halides is 3. The smallest absolute Gasteiger partial charge is 0.384 e. The van der Waals surface area contributed by atoms with Gasteiger partial charge < -0.3 is 16.0 Å². The van der Waals surface area contributed by atoms with Crippen molar-refractivity contribution in [2.45, 2.75) is 19.1 Å². The molecule has 1 aliphatic rings. The Bertz CT molecular complexity index is 1140. The molecule has 1 atom stereocenters. The fourth-order valence-corrected chi connectivity index (χ4v) is 3.36. The van der Waals surface area contributed by atoms with Crippen LogP contribution in [0, 0.1) is 0 Å². The molecule has 4 rings (SSSR count). The molecule has 11 heteroatoms. The third kappa shape index (κ3) is 3.81. The SMILES string of the molecule is C[C@H]1CN(c2ccc(C(F)(F)F)cc2)C(=O)c2c(C(=O)Nc3ccc(N)nc3)cnn21. The van der Waals surface area contributed by atoms with Gasteiger partial charge in [-0.05, 0) is 43.3 Å². The van der Waals surface area contributed by atoms with Crippen LogP contribution in [0.1, 0.15) is 39.4 Å². The summed E-state index contributed by atoms with van der Waals surface area (Å²) in [7, 11) is 0. The lowest BCUT2D eigenvalue weighted by molar-refractivity contribution is -0.137. The Balaban J connectivity index is 1.64. The zero-order chi connectivity index (χ0) is 22.3. The van der Waals surface area contributed by atoms with Crippen molar-refractivity contribution in [1.29, 1.82) is 0 Å². The summed E-state index contributed by atoms with van der Waals surface area (Å²) in [6, 6.07) is 7.09. The first-order valence-electron chi connectivity index (χ1n) is 9.24. The molecule has 0 radical (unpaired) electrons. The topological polar surface area (TPSA) is 106 Å². The number of carbonyl (C=O) groups excluding carboxylic acids is 2. The number of rotatable bonds is 3. The minimum atomic E-state index is -4.47. The summed E-state index contributed by atoms with van der Waals surface area (Å²) in [5.41, 5.74) is 5.50. The lowest BCUT2D eigenvalue weighted by atomic mass is 10.1. The normalized spacial score (nSPS) is 16.2. The third-order valence-corrected chi connectivity index (χ3v) is 4.90. The Morgan fingerprint density at radius 3 is 2.48 bits per heavy atom. The van der Waals surface area contributed by atoms with E-state index in [4.69, 9.17) is 5.73 Å². The number of nitrogens with zero attached hydrogens (tertiary/aromatic N) is 4. The molecule has 0 saturated carbocycles. The summed E-state index contributed by atoms with van der Waals surface area (Å²) >= 11 is 0. The number of aromatic nitrogens is 3. The number of hydrogen-bond donors (Lipinski definition) is 2. The van der Waals surface area contributed by atoms with E-state index >= 15 is 0 Å². The molecule has 1 aromatic carbocycles. The van der Waals surface area contributed by atoms with Crippen LogP contribution in [0.4, 0.5) is 30.4 Å². The number of pyridine rings is 1. The summed E-state index contributed by atoms with van der Waals surface area (Å²) in [6.45, 7) is 1.99. The Kier molecular flexibility index (Phi) is 4.88. The first-order valence-corrected chi connectivity index (χ1v) is 9.24. The van der Waals surface area contributed by atoms with Crippen LogP contribution in [0.3, 0.4) is 0 Å². The molecule has 0 fully saturated rings. The van der Waals surface area contributed by atoms with Gasteiger partial charge in [0.15, 0.2) is 0 Å². The number of fused-ring (bicyclic) bond motifs is 1. The van der Waals surface area contributed by atoms with Crippen LogP contribution < -0.4 is 16.0 Å². The van der Waals surface area contributed by atoms with Gasteiger partial charge in [0.25, 0.3) is 11.8 Å². The molecule has 0 spiro atoms. The van der Waals surface area contributed by atoms with E-state index in [1.54, 1.807) is 13.0 Å². The van der Waals surface area contributed by atoms with Gasteiger partial charge in [0.1, 0.15) is 11.5 Å². The Labute approximate surface area is 174 Å². The van der Waals surface area contributed by atoms with Gasteiger partial charge >= 0.3 is 6.18 Å². The van der Waals surface area contributed by atoms with E-state index in [1.165, 1.54) is 40.2 Å². The van der Waals surface area contributed by atoms with Gasteiger partial charge in [0, 0.05) is 12.2 Å². The Hall–Kier alpha value is -3.89.